The molecule has 0 bridgehead atoms. The van der Waals surface area contributed by atoms with Gasteiger partial charge in [-0.05, 0) is 66.3 Å². The molecule has 3 aromatic carbocycles. The number of rotatable bonds is 6. The third kappa shape index (κ3) is 7.15. The number of hydrogen-bond donors (Lipinski definition) is 4. The van der Waals surface area contributed by atoms with Gasteiger partial charge in [-0.1, -0.05) is 30.3 Å². The Bertz CT molecular complexity index is 1130. The summed E-state index contributed by atoms with van der Waals surface area (Å²) in [6.07, 6.45) is 0.121. The van der Waals surface area contributed by atoms with Gasteiger partial charge in [0.25, 0.3) is 11.8 Å². The zero-order valence-corrected chi connectivity index (χ0v) is 18.6. The Morgan fingerprint density at radius 3 is 2.06 bits per heavy atom. The van der Waals surface area contributed by atoms with Crippen molar-refractivity contribution in [3.05, 3.63) is 95.6 Å². The van der Waals surface area contributed by atoms with Crippen molar-refractivity contribution in [2.45, 2.75) is 6.42 Å². The lowest BCUT2D eigenvalue weighted by molar-refractivity contribution is -0.119. The Morgan fingerprint density at radius 2 is 1.42 bits per heavy atom. The van der Waals surface area contributed by atoms with Crippen LogP contribution in [0.15, 0.2) is 78.9 Å². The minimum absolute atomic E-state index is 0.0337. The van der Waals surface area contributed by atoms with Gasteiger partial charge in [0.1, 0.15) is 5.75 Å². The Balaban J connectivity index is 1.44. The molecule has 3 rings (SSSR count). The van der Waals surface area contributed by atoms with E-state index in [1.807, 2.05) is 6.07 Å². The molecule has 3 aromatic rings. The molecule has 0 heterocycles. The maximum Gasteiger partial charge on any atom is 0.269 e. The molecule has 4 N–H and O–H groups in total. The number of amides is 3. The first-order valence-corrected chi connectivity index (χ1v) is 10.3. The van der Waals surface area contributed by atoms with Gasteiger partial charge in [0.15, 0.2) is 5.11 Å². The number of benzene rings is 3. The zero-order chi connectivity index (χ0) is 23.6. The molecule has 8 nitrogen and oxygen atoms in total. The highest BCUT2D eigenvalue weighted by Gasteiger charge is 2.10. The lowest BCUT2D eigenvalue weighted by Gasteiger charge is -2.11. The van der Waals surface area contributed by atoms with Crippen molar-refractivity contribution in [2.75, 3.05) is 12.4 Å². The van der Waals surface area contributed by atoms with E-state index in [-0.39, 0.29) is 23.3 Å². The number of hydrazine groups is 1. The largest absolute Gasteiger partial charge is 0.497 e. The molecule has 0 saturated heterocycles. The van der Waals surface area contributed by atoms with Crippen molar-refractivity contribution < 1.29 is 19.1 Å². The number of thiocarbonyl (C=S) groups is 1. The van der Waals surface area contributed by atoms with E-state index in [0.29, 0.717) is 22.6 Å². The molecule has 3 amide bonds. The van der Waals surface area contributed by atoms with E-state index in [2.05, 4.69) is 21.5 Å². The summed E-state index contributed by atoms with van der Waals surface area (Å²) in [6.45, 7) is 0. The summed E-state index contributed by atoms with van der Waals surface area (Å²) >= 11 is 5.04. The molecule has 0 aliphatic heterocycles. The van der Waals surface area contributed by atoms with Gasteiger partial charge in [-0.25, -0.2) is 0 Å². The van der Waals surface area contributed by atoms with Crippen molar-refractivity contribution in [1.82, 2.24) is 16.2 Å². The van der Waals surface area contributed by atoms with Crippen LogP contribution in [0, 0.1) is 0 Å². The molecule has 0 fully saturated rings. The second-order valence-electron chi connectivity index (χ2n) is 6.88. The predicted molar refractivity (Wildman–Crippen MR) is 129 cm³/mol. The molecule has 0 aliphatic carbocycles. The predicted octanol–water partition coefficient (Wildman–Crippen LogP) is 2.83. The van der Waals surface area contributed by atoms with Gasteiger partial charge in [0.05, 0.1) is 13.5 Å². The van der Waals surface area contributed by atoms with Crippen LogP contribution in [-0.2, 0) is 11.2 Å². The van der Waals surface area contributed by atoms with E-state index in [1.165, 1.54) is 0 Å². The van der Waals surface area contributed by atoms with Gasteiger partial charge in [-0.15, -0.1) is 0 Å². The first-order valence-electron chi connectivity index (χ1n) is 9.94. The zero-order valence-electron chi connectivity index (χ0n) is 17.8. The molecule has 0 radical (unpaired) electrons. The van der Waals surface area contributed by atoms with Crippen molar-refractivity contribution in [2.24, 2.45) is 0 Å². The molecular formula is C24H22N4O4S. The van der Waals surface area contributed by atoms with Crippen LogP contribution >= 0.6 is 12.2 Å². The summed E-state index contributed by atoms with van der Waals surface area (Å²) in [5, 5.41) is 5.23. The average molecular weight is 463 g/mol. The fourth-order valence-electron chi connectivity index (χ4n) is 2.81. The molecule has 0 saturated carbocycles. The molecule has 0 atom stereocenters. The quantitative estimate of drug-likeness (QED) is 0.331. The molecule has 0 spiro atoms. The Kier molecular flexibility index (Phi) is 8.09. The Hall–Kier alpha value is -4.24. The van der Waals surface area contributed by atoms with E-state index in [9.17, 15) is 14.4 Å². The highest BCUT2D eigenvalue weighted by Crippen LogP contribution is 2.12. The van der Waals surface area contributed by atoms with Crippen LogP contribution in [-0.4, -0.2) is 29.9 Å². The standard InChI is InChI=1S/C24H22N4O4S/c1-32-20-13-7-16(8-14-20)15-21(29)26-24(33)28-27-23(31)18-9-11-19(12-10-18)25-22(30)17-5-3-2-4-6-17/h2-14H,15H2,1H3,(H,25,30)(H,27,31)(H2,26,28,29,33). The first-order chi connectivity index (χ1) is 15.9. The molecule has 9 heteroatoms. The summed E-state index contributed by atoms with van der Waals surface area (Å²) in [7, 11) is 1.57. The number of nitrogens with one attached hydrogen (secondary N) is 4. The molecule has 0 unspecified atom stereocenters. The number of anilines is 1. The molecule has 168 valence electrons. The highest BCUT2D eigenvalue weighted by atomic mass is 32.1. The second-order valence-corrected chi connectivity index (χ2v) is 7.29. The van der Waals surface area contributed by atoms with Crippen LogP contribution < -0.4 is 26.2 Å². The first kappa shape index (κ1) is 23.4. The van der Waals surface area contributed by atoms with E-state index in [1.54, 1.807) is 79.9 Å². The average Bonchev–Trinajstić information content (AvgIpc) is 2.84. The van der Waals surface area contributed by atoms with Gasteiger partial charge in [-0.2, -0.15) is 0 Å². The van der Waals surface area contributed by atoms with Crippen LogP contribution in [0.2, 0.25) is 0 Å². The van der Waals surface area contributed by atoms with Gasteiger partial charge in [0.2, 0.25) is 5.91 Å². The van der Waals surface area contributed by atoms with Crippen molar-refractivity contribution >= 4 is 40.7 Å². The third-order valence-electron chi connectivity index (χ3n) is 4.51. The number of ether oxygens (including phenoxy) is 1. The highest BCUT2D eigenvalue weighted by molar-refractivity contribution is 7.80. The number of carbonyl (C=O) groups is 3. The molecule has 0 aromatic heterocycles. The minimum Gasteiger partial charge on any atom is -0.497 e. The summed E-state index contributed by atoms with van der Waals surface area (Å²) < 4.78 is 5.08. The normalized spacial score (nSPS) is 9.97. The van der Waals surface area contributed by atoms with E-state index in [0.717, 1.165) is 5.56 Å². The fourth-order valence-corrected chi connectivity index (χ4v) is 2.98. The number of methoxy groups -OCH3 is 1. The molecule has 0 aliphatic rings. The van der Waals surface area contributed by atoms with Crippen molar-refractivity contribution in [3.63, 3.8) is 0 Å². The monoisotopic (exact) mass is 462 g/mol. The summed E-state index contributed by atoms with van der Waals surface area (Å²) in [5.74, 6) is -0.330. The van der Waals surface area contributed by atoms with E-state index < -0.39 is 5.91 Å². The SMILES string of the molecule is COc1ccc(CC(=O)NC(=S)NNC(=O)c2ccc(NC(=O)c3ccccc3)cc2)cc1. The Morgan fingerprint density at radius 1 is 0.788 bits per heavy atom. The van der Waals surface area contributed by atoms with Crippen LogP contribution in [0.5, 0.6) is 5.75 Å². The van der Waals surface area contributed by atoms with E-state index in [4.69, 9.17) is 17.0 Å². The fraction of sp³-hybridized carbons (Fsp3) is 0.0833. The van der Waals surface area contributed by atoms with Gasteiger partial charge >= 0.3 is 0 Å². The second kappa shape index (κ2) is 11.4. The maximum absolute atomic E-state index is 12.3. The van der Waals surface area contributed by atoms with Crippen molar-refractivity contribution in [3.8, 4) is 5.75 Å². The van der Waals surface area contributed by atoms with Crippen LogP contribution in [0.3, 0.4) is 0 Å². The number of carbonyl (C=O) groups excluding carboxylic acids is 3. The summed E-state index contributed by atoms with van der Waals surface area (Å²) in [4.78, 5) is 36.6. The maximum atomic E-state index is 12.3. The summed E-state index contributed by atoms with van der Waals surface area (Å²) in [6, 6.07) is 22.2. The van der Waals surface area contributed by atoms with E-state index >= 15 is 0 Å². The van der Waals surface area contributed by atoms with Gasteiger partial charge < -0.3 is 15.4 Å². The van der Waals surface area contributed by atoms with Crippen molar-refractivity contribution in [1.29, 1.82) is 0 Å². The lowest BCUT2D eigenvalue weighted by Crippen LogP contribution is -2.48. The van der Waals surface area contributed by atoms with Crippen LogP contribution in [0.25, 0.3) is 0 Å². The topological polar surface area (TPSA) is 109 Å². The Labute approximate surface area is 196 Å². The van der Waals surface area contributed by atoms with Gasteiger partial charge in [0, 0.05) is 16.8 Å². The summed E-state index contributed by atoms with van der Waals surface area (Å²) in [5.41, 5.74) is 7.13. The lowest BCUT2D eigenvalue weighted by atomic mass is 10.1. The smallest absolute Gasteiger partial charge is 0.269 e. The molecular weight excluding hydrogens is 440 g/mol. The van der Waals surface area contributed by atoms with Gasteiger partial charge in [-0.3, -0.25) is 25.2 Å². The minimum atomic E-state index is -0.456. The van der Waals surface area contributed by atoms with Crippen LogP contribution in [0.4, 0.5) is 5.69 Å². The third-order valence-corrected chi connectivity index (χ3v) is 4.71. The molecule has 33 heavy (non-hydrogen) atoms. The number of hydrogen-bond acceptors (Lipinski definition) is 5. The van der Waals surface area contributed by atoms with Crippen LogP contribution in [0.1, 0.15) is 26.3 Å².